The third kappa shape index (κ3) is 9.74. The van der Waals surface area contributed by atoms with Crippen molar-refractivity contribution in [1.82, 2.24) is 29.7 Å². The zero-order valence-electron chi connectivity index (χ0n) is 38.2. The van der Waals surface area contributed by atoms with Gasteiger partial charge in [-0.15, -0.1) is 0 Å². The van der Waals surface area contributed by atoms with Crippen LogP contribution >= 0.6 is 0 Å². The van der Waals surface area contributed by atoms with E-state index >= 15 is 17.6 Å². The van der Waals surface area contributed by atoms with Gasteiger partial charge in [0.2, 0.25) is 0 Å². The first-order valence-corrected chi connectivity index (χ1v) is 22.0. The maximum Gasteiger partial charge on any atom is 0.418 e. The van der Waals surface area contributed by atoms with Crippen LogP contribution < -0.4 is 24.0 Å². The molecule has 5 aromatic rings. The Balaban J connectivity index is 1.23. The van der Waals surface area contributed by atoms with E-state index in [1.54, 1.807) is 81.0 Å². The molecule has 1 amide bonds. The Bertz CT molecular complexity index is 2510. The fourth-order valence-corrected chi connectivity index (χ4v) is 9.40. The van der Waals surface area contributed by atoms with Gasteiger partial charge in [-0.2, -0.15) is 23.1 Å². The Morgan fingerprint density at radius 3 is 2.18 bits per heavy atom. The van der Waals surface area contributed by atoms with Gasteiger partial charge in [-0.3, -0.25) is 9.88 Å². The van der Waals surface area contributed by atoms with Crippen molar-refractivity contribution in [2.75, 3.05) is 63.9 Å². The van der Waals surface area contributed by atoms with E-state index in [-0.39, 0.29) is 79.5 Å². The number of halogens is 5. The minimum atomic E-state index is -4.96. The lowest BCUT2D eigenvalue weighted by Gasteiger charge is -2.31. The summed E-state index contributed by atoms with van der Waals surface area (Å²) in [7, 11) is 4.85. The summed E-state index contributed by atoms with van der Waals surface area (Å²) in [4.78, 5) is 38.4. The van der Waals surface area contributed by atoms with Gasteiger partial charge in [0.05, 0.1) is 36.4 Å². The van der Waals surface area contributed by atoms with Crippen LogP contribution in [0.25, 0.3) is 22.2 Å². The number of amides is 1. The number of hydrogen-bond acceptors (Lipinski definition) is 12. The number of alkyl halides is 4. The van der Waals surface area contributed by atoms with Crippen molar-refractivity contribution in [3.05, 3.63) is 89.0 Å². The average molecular weight is 919 g/mol. The first-order valence-electron chi connectivity index (χ1n) is 22.0. The van der Waals surface area contributed by atoms with Gasteiger partial charge in [-0.25, -0.2) is 18.6 Å². The van der Waals surface area contributed by atoms with Gasteiger partial charge in [0, 0.05) is 64.0 Å². The Morgan fingerprint density at radius 2 is 1.58 bits per heavy atom. The van der Waals surface area contributed by atoms with E-state index in [0.717, 1.165) is 17.5 Å². The number of benzene rings is 2. The minimum absolute atomic E-state index is 0.0286. The number of likely N-dealkylation sites (N-methyl/N-ethyl adjacent to an activating group) is 1. The Labute approximate surface area is 380 Å². The van der Waals surface area contributed by atoms with Crippen LogP contribution in [-0.4, -0.2) is 113 Å². The highest BCUT2D eigenvalue weighted by Gasteiger charge is 2.49. The molecule has 3 aliphatic rings. The van der Waals surface area contributed by atoms with E-state index in [1.807, 2.05) is 24.3 Å². The van der Waals surface area contributed by atoms with Crippen LogP contribution in [-0.2, 0) is 24.0 Å². The molecular weight excluding hydrogens is 864 g/mol. The van der Waals surface area contributed by atoms with Crippen molar-refractivity contribution in [2.45, 2.75) is 96.0 Å². The average Bonchev–Trinajstić information content (AvgIpc) is 4.00. The molecule has 18 heteroatoms. The number of hydrogen-bond donors (Lipinski definition) is 0. The number of fused-ring (bicyclic) bond motifs is 2. The summed E-state index contributed by atoms with van der Waals surface area (Å²) in [6.07, 6.45) is -2.88. The zero-order valence-corrected chi connectivity index (χ0v) is 38.2. The smallest absolute Gasteiger partial charge is 0.418 e. The molecule has 0 saturated carbocycles. The summed E-state index contributed by atoms with van der Waals surface area (Å²) >= 11 is 0. The number of aryl methyl sites for hydroxylation is 1. The SMILES string of the molecule is COc1ccc(CN(Cc2ccc(OC)cc2)c2cc(-c3ncc4c(N(C)[C@@H]5CCN(C(=O)OC(C)(C)C)C5)nc(OC[C@@]56CCCN5C[C@H](F)C6)nc4c3F)c(C(F)(F)F)c(C)n2)cc1. The van der Waals surface area contributed by atoms with Crippen molar-refractivity contribution in [3.8, 4) is 28.8 Å². The number of methoxy groups -OCH3 is 2. The summed E-state index contributed by atoms with van der Waals surface area (Å²) in [6, 6.07) is 15.2. The molecular formula is C48H55F5N8O5. The second kappa shape index (κ2) is 18.3. The summed E-state index contributed by atoms with van der Waals surface area (Å²) in [6.45, 7) is 8.70. The second-order valence-corrected chi connectivity index (χ2v) is 18.4. The zero-order chi connectivity index (χ0) is 47.1. The molecule has 3 aromatic heterocycles. The first-order chi connectivity index (χ1) is 31.3. The third-order valence-corrected chi connectivity index (χ3v) is 12.7. The lowest BCUT2D eigenvalue weighted by atomic mass is 9.95. The van der Waals surface area contributed by atoms with Gasteiger partial charge in [0.15, 0.2) is 5.82 Å². The lowest BCUT2D eigenvalue weighted by molar-refractivity contribution is -0.137. The van der Waals surface area contributed by atoms with E-state index in [4.69, 9.17) is 23.9 Å². The number of carbonyl (C=O) groups excluding carboxylic acids is 1. The number of carbonyl (C=O) groups is 1. The highest BCUT2D eigenvalue weighted by Crippen LogP contribution is 2.44. The van der Waals surface area contributed by atoms with Crippen LogP contribution in [0.5, 0.6) is 17.5 Å². The summed E-state index contributed by atoms with van der Waals surface area (Å²) in [5.74, 6) is 0.491. The largest absolute Gasteiger partial charge is 0.497 e. The van der Waals surface area contributed by atoms with Gasteiger partial charge < -0.3 is 33.6 Å². The van der Waals surface area contributed by atoms with Crippen LogP contribution in [0.3, 0.4) is 0 Å². The van der Waals surface area contributed by atoms with E-state index in [2.05, 4.69) is 19.9 Å². The molecule has 66 heavy (non-hydrogen) atoms. The number of nitrogens with zero attached hydrogens (tertiary/aromatic N) is 8. The van der Waals surface area contributed by atoms with Crippen molar-refractivity contribution in [3.63, 3.8) is 0 Å². The molecule has 6 heterocycles. The Hall–Kier alpha value is -6.04. The number of aromatic nitrogens is 4. The fraction of sp³-hybridized carbons (Fsp3) is 0.479. The van der Waals surface area contributed by atoms with E-state index in [0.29, 0.717) is 37.4 Å². The monoisotopic (exact) mass is 918 g/mol. The fourth-order valence-electron chi connectivity index (χ4n) is 9.40. The highest BCUT2D eigenvalue weighted by molar-refractivity contribution is 5.92. The van der Waals surface area contributed by atoms with E-state index < -0.39 is 52.2 Å². The molecule has 3 saturated heterocycles. The maximum absolute atomic E-state index is 17.6. The molecule has 0 spiro atoms. The standard InChI is InChI=1S/C48H55F5N8O5/c1-29-39(48(51,52)53)36(21-38(55-29)60(24-30-9-13-34(63-6)14-10-30)25-31-11-15-35(64-7)16-12-31)41-40(50)42-37(23-54-41)43(58(5)33-17-20-59(27-33)45(62)66-46(2,3)4)57-44(56-42)65-28-47-18-8-19-61(47)26-32(49)22-47/h9-16,21,23,32-33H,8,17-20,22,24-28H2,1-7H3/t32-,33-,47+/m1/s1. The van der Waals surface area contributed by atoms with Gasteiger partial charge in [0.1, 0.15) is 52.7 Å². The number of ether oxygens (including phenoxy) is 4. The molecule has 0 unspecified atom stereocenters. The van der Waals surface area contributed by atoms with Crippen LogP contribution in [0.4, 0.5) is 38.4 Å². The molecule has 0 aliphatic carbocycles. The normalized spacial score (nSPS) is 19.8. The van der Waals surface area contributed by atoms with Crippen molar-refractivity contribution < 1.29 is 45.7 Å². The summed E-state index contributed by atoms with van der Waals surface area (Å²) in [5, 5.41) is 0.118. The molecule has 8 rings (SSSR count). The number of anilines is 2. The summed E-state index contributed by atoms with van der Waals surface area (Å²) < 4.78 is 101. The van der Waals surface area contributed by atoms with Crippen molar-refractivity contribution >= 4 is 28.6 Å². The molecule has 3 aliphatic heterocycles. The van der Waals surface area contributed by atoms with Crippen LogP contribution in [0.15, 0.2) is 60.8 Å². The molecule has 2 aromatic carbocycles. The topological polar surface area (TPSA) is 119 Å². The van der Waals surface area contributed by atoms with Crippen LogP contribution in [0.1, 0.15) is 68.8 Å². The Kier molecular flexibility index (Phi) is 12.9. The number of likely N-dealkylation sites (tertiary alicyclic amines) is 1. The third-order valence-electron chi connectivity index (χ3n) is 12.7. The van der Waals surface area contributed by atoms with Gasteiger partial charge in [-0.1, -0.05) is 24.3 Å². The van der Waals surface area contributed by atoms with Crippen molar-refractivity contribution in [1.29, 1.82) is 0 Å². The van der Waals surface area contributed by atoms with E-state index in [9.17, 15) is 9.18 Å². The van der Waals surface area contributed by atoms with Gasteiger partial charge in [-0.05, 0) is 95.0 Å². The van der Waals surface area contributed by atoms with E-state index in [1.165, 1.54) is 19.2 Å². The molecule has 13 nitrogen and oxygen atoms in total. The first kappa shape index (κ1) is 46.5. The highest BCUT2D eigenvalue weighted by atomic mass is 19.4. The lowest BCUT2D eigenvalue weighted by Crippen LogP contribution is -2.43. The molecule has 352 valence electrons. The Morgan fingerprint density at radius 1 is 0.924 bits per heavy atom. The van der Waals surface area contributed by atoms with Crippen molar-refractivity contribution in [2.24, 2.45) is 0 Å². The van der Waals surface area contributed by atoms with Crippen LogP contribution in [0, 0.1) is 12.7 Å². The predicted molar refractivity (Wildman–Crippen MR) is 239 cm³/mol. The maximum atomic E-state index is 17.6. The molecule has 0 bridgehead atoms. The van der Waals surface area contributed by atoms with Gasteiger partial charge >= 0.3 is 18.3 Å². The minimum Gasteiger partial charge on any atom is -0.497 e. The number of pyridine rings is 2. The quantitative estimate of drug-likeness (QED) is 0.105. The molecule has 3 fully saturated rings. The molecule has 0 radical (unpaired) electrons. The molecule has 3 atom stereocenters. The molecule has 0 N–H and O–H groups in total. The number of rotatable bonds is 13. The summed E-state index contributed by atoms with van der Waals surface area (Å²) in [5.41, 5.74) is -2.64. The predicted octanol–water partition coefficient (Wildman–Crippen LogP) is 9.18. The second-order valence-electron chi connectivity index (χ2n) is 18.4. The van der Waals surface area contributed by atoms with Crippen LogP contribution in [0.2, 0.25) is 0 Å². The van der Waals surface area contributed by atoms with Gasteiger partial charge in [0.25, 0.3) is 0 Å².